The summed E-state index contributed by atoms with van der Waals surface area (Å²) >= 11 is 0. The molecule has 0 radical (unpaired) electrons. The van der Waals surface area contributed by atoms with Crippen LogP contribution in [0.25, 0.3) is 0 Å². The fourth-order valence-electron chi connectivity index (χ4n) is 1.88. The van der Waals surface area contributed by atoms with Crippen molar-refractivity contribution in [2.45, 2.75) is 13.0 Å². The summed E-state index contributed by atoms with van der Waals surface area (Å²) in [7, 11) is 2.14. The summed E-state index contributed by atoms with van der Waals surface area (Å²) in [6.45, 7) is 1.99. The third kappa shape index (κ3) is 3.86. The first kappa shape index (κ1) is 12.6. The minimum atomic E-state index is 0.818. The normalized spacial score (nSPS) is 10.8. The van der Waals surface area contributed by atoms with Gasteiger partial charge in [0.1, 0.15) is 0 Å². The number of pyridine rings is 1. The van der Waals surface area contributed by atoms with E-state index in [2.05, 4.69) is 41.2 Å². The van der Waals surface area contributed by atoms with E-state index in [1.54, 1.807) is 0 Å². The first-order valence-electron chi connectivity index (χ1n) is 6.16. The molecule has 3 nitrogen and oxygen atoms in total. The van der Waals surface area contributed by atoms with Gasteiger partial charge in [0.15, 0.2) is 0 Å². The molecule has 3 heteroatoms. The van der Waals surface area contributed by atoms with Crippen molar-refractivity contribution in [2.75, 3.05) is 19.3 Å². The van der Waals surface area contributed by atoms with Crippen molar-refractivity contribution < 1.29 is 0 Å². The largest absolute Gasteiger partial charge is 0.399 e. The fourth-order valence-corrected chi connectivity index (χ4v) is 1.88. The van der Waals surface area contributed by atoms with E-state index in [0.717, 1.165) is 25.2 Å². The topological polar surface area (TPSA) is 42.2 Å². The molecule has 1 aromatic heterocycles. The number of nitrogens with two attached hydrogens (primary N) is 1. The first-order chi connectivity index (χ1) is 8.74. The van der Waals surface area contributed by atoms with E-state index >= 15 is 0 Å². The van der Waals surface area contributed by atoms with Crippen LogP contribution in [-0.4, -0.2) is 23.5 Å². The third-order valence-electron chi connectivity index (χ3n) is 2.96. The van der Waals surface area contributed by atoms with Gasteiger partial charge >= 0.3 is 0 Å². The third-order valence-corrected chi connectivity index (χ3v) is 2.96. The molecule has 0 aliphatic rings. The molecule has 0 saturated heterocycles. The maximum absolute atomic E-state index is 5.67. The number of nitrogen functional groups attached to an aromatic ring is 1. The molecule has 18 heavy (non-hydrogen) atoms. The van der Waals surface area contributed by atoms with E-state index in [0.29, 0.717) is 0 Å². The molecule has 1 aromatic carbocycles. The zero-order chi connectivity index (χ0) is 12.8. The molecular weight excluding hydrogens is 222 g/mol. The number of hydrogen-bond acceptors (Lipinski definition) is 3. The molecule has 1 heterocycles. The lowest BCUT2D eigenvalue weighted by molar-refractivity contribution is 0.331. The summed E-state index contributed by atoms with van der Waals surface area (Å²) in [5.74, 6) is 0. The molecule has 0 fully saturated rings. The summed E-state index contributed by atoms with van der Waals surface area (Å²) < 4.78 is 0. The zero-order valence-electron chi connectivity index (χ0n) is 10.7. The second kappa shape index (κ2) is 6.17. The van der Waals surface area contributed by atoms with Gasteiger partial charge in [0.25, 0.3) is 0 Å². The minimum Gasteiger partial charge on any atom is -0.399 e. The van der Waals surface area contributed by atoms with Gasteiger partial charge in [0, 0.05) is 31.2 Å². The van der Waals surface area contributed by atoms with Gasteiger partial charge in [-0.05, 0) is 48.9 Å². The van der Waals surface area contributed by atoms with Crippen LogP contribution in [0, 0.1) is 0 Å². The molecule has 0 amide bonds. The van der Waals surface area contributed by atoms with Gasteiger partial charge < -0.3 is 10.6 Å². The lowest BCUT2D eigenvalue weighted by Crippen LogP contribution is -2.20. The summed E-state index contributed by atoms with van der Waals surface area (Å²) in [4.78, 5) is 6.33. The number of nitrogens with zero attached hydrogens (tertiary/aromatic N) is 2. The Morgan fingerprint density at radius 3 is 2.33 bits per heavy atom. The van der Waals surface area contributed by atoms with Crippen molar-refractivity contribution in [3.8, 4) is 0 Å². The number of benzene rings is 1. The number of hydrogen-bond donors (Lipinski definition) is 1. The van der Waals surface area contributed by atoms with E-state index < -0.39 is 0 Å². The molecule has 0 aliphatic heterocycles. The standard InChI is InChI=1S/C15H19N3/c1-18(11-8-13-6-9-17-10-7-13)12-14-2-4-15(16)5-3-14/h2-7,9-10H,8,11-12,16H2,1H3. The second-order valence-electron chi connectivity index (χ2n) is 4.58. The van der Waals surface area contributed by atoms with Gasteiger partial charge in [0.05, 0.1) is 0 Å². The van der Waals surface area contributed by atoms with Crippen LogP contribution in [0.4, 0.5) is 5.69 Å². The van der Waals surface area contributed by atoms with Crippen LogP contribution in [-0.2, 0) is 13.0 Å². The maximum atomic E-state index is 5.67. The monoisotopic (exact) mass is 241 g/mol. The number of rotatable bonds is 5. The van der Waals surface area contributed by atoms with Crippen LogP contribution in [0.5, 0.6) is 0 Å². The average Bonchev–Trinajstić information content (AvgIpc) is 2.40. The maximum Gasteiger partial charge on any atom is 0.0314 e. The summed E-state index contributed by atoms with van der Waals surface area (Å²) in [5.41, 5.74) is 9.11. The summed E-state index contributed by atoms with van der Waals surface area (Å²) in [5, 5.41) is 0. The van der Waals surface area contributed by atoms with E-state index in [-0.39, 0.29) is 0 Å². The number of likely N-dealkylation sites (N-methyl/N-ethyl adjacent to an activating group) is 1. The van der Waals surface area contributed by atoms with Gasteiger partial charge in [0.2, 0.25) is 0 Å². The van der Waals surface area contributed by atoms with Crippen molar-refractivity contribution >= 4 is 5.69 Å². The minimum absolute atomic E-state index is 0.818. The lowest BCUT2D eigenvalue weighted by atomic mass is 10.1. The van der Waals surface area contributed by atoms with E-state index in [1.165, 1.54) is 11.1 Å². The first-order valence-corrected chi connectivity index (χ1v) is 6.16. The lowest BCUT2D eigenvalue weighted by Gasteiger charge is -2.16. The Labute approximate surface area is 108 Å². The highest BCUT2D eigenvalue weighted by molar-refractivity contribution is 5.39. The number of anilines is 1. The fraction of sp³-hybridized carbons (Fsp3) is 0.267. The van der Waals surface area contributed by atoms with Crippen LogP contribution in [0.1, 0.15) is 11.1 Å². The SMILES string of the molecule is CN(CCc1ccncc1)Cc1ccc(N)cc1. The van der Waals surface area contributed by atoms with Crippen LogP contribution < -0.4 is 5.73 Å². The van der Waals surface area contributed by atoms with Gasteiger partial charge in [-0.25, -0.2) is 0 Å². The van der Waals surface area contributed by atoms with Crippen LogP contribution in [0.3, 0.4) is 0 Å². The average molecular weight is 241 g/mol. The quantitative estimate of drug-likeness (QED) is 0.817. The van der Waals surface area contributed by atoms with Gasteiger partial charge in [-0.3, -0.25) is 4.98 Å². The van der Waals surface area contributed by atoms with Crippen molar-refractivity contribution in [3.63, 3.8) is 0 Å². The van der Waals surface area contributed by atoms with Crippen LogP contribution >= 0.6 is 0 Å². The molecule has 0 atom stereocenters. The highest BCUT2D eigenvalue weighted by Crippen LogP contribution is 2.08. The summed E-state index contributed by atoms with van der Waals surface area (Å²) in [6, 6.07) is 12.2. The van der Waals surface area contributed by atoms with E-state index in [9.17, 15) is 0 Å². The predicted octanol–water partition coefficient (Wildman–Crippen LogP) is 2.34. The molecule has 0 spiro atoms. The van der Waals surface area contributed by atoms with Gasteiger partial charge in [-0.15, -0.1) is 0 Å². The Kier molecular flexibility index (Phi) is 4.31. The zero-order valence-corrected chi connectivity index (χ0v) is 10.7. The highest BCUT2D eigenvalue weighted by Gasteiger charge is 2.01. The molecule has 0 unspecified atom stereocenters. The van der Waals surface area contributed by atoms with Crippen molar-refractivity contribution in [3.05, 3.63) is 59.9 Å². The van der Waals surface area contributed by atoms with Crippen molar-refractivity contribution in [2.24, 2.45) is 0 Å². The van der Waals surface area contributed by atoms with Gasteiger partial charge in [-0.2, -0.15) is 0 Å². The van der Waals surface area contributed by atoms with Gasteiger partial charge in [-0.1, -0.05) is 12.1 Å². The molecular formula is C15H19N3. The molecule has 0 aliphatic carbocycles. The Bertz CT molecular complexity index is 465. The number of aromatic nitrogens is 1. The highest BCUT2D eigenvalue weighted by atomic mass is 15.1. The molecule has 2 aromatic rings. The van der Waals surface area contributed by atoms with E-state index in [1.807, 2.05) is 24.5 Å². The van der Waals surface area contributed by atoms with Crippen molar-refractivity contribution in [1.82, 2.24) is 9.88 Å². The molecule has 2 N–H and O–H groups in total. The molecule has 94 valence electrons. The van der Waals surface area contributed by atoms with Crippen LogP contribution in [0.15, 0.2) is 48.8 Å². The Morgan fingerprint density at radius 2 is 1.67 bits per heavy atom. The predicted molar refractivity (Wildman–Crippen MR) is 75.1 cm³/mol. The molecule has 2 rings (SSSR count). The molecule has 0 bridgehead atoms. The summed E-state index contributed by atoms with van der Waals surface area (Å²) in [6.07, 6.45) is 4.73. The molecule has 0 saturated carbocycles. The Morgan fingerprint density at radius 1 is 1.00 bits per heavy atom. The smallest absolute Gasteiger partial charge is 0.0314 e. The second-order valence-corrected chi connectivity index (χ2v) is 4.58. The Balaban J connectivity index is 1.82. The van der Waals surface area contributed by atoms with Crippen LogP contribution in [0.2, 0.25) is 0 Å². The van der Waals surface area contributed by atoms with Crippen molar-refractivity contribution in [1.29, 1.82) is 0 Å². The van der Waals surface area contributed by atoms with E-state index in [4.69, 9.17) is 5.73 Å². The Hall–Kier alpha value is -1.87.